The summed E-state index contributed by atoms with van der Waals surface area (Å²) < 4.78 is 40.2. The molecule has 0 aliphatic carbocycles. The smallest absolute Gasteiger partial charge is 0.216 e. The number of anilines is 2. The molecule has 3 aromatic heterocycles. The maximum absolute atomic E-state index is 14.7. The van der Waals surface area contributed by atoms with Gasteiger partial charge in [-0.15, -0.1) is 0 Å². The lowest BCUT2D eigenvalue weighted by Gasteiger charge is -2.40. The number of pyridine rings is 1. The Morgan fingerprint density at radius 2 is 1.77 bits per heavy atom. The van der Waals surface area contributed by atoms with Crippen molar-refractivity contribution in [2.24, 2.45) is 0 Å². The van der Waals surface area contributed by atoms with Crippen LogP contribution in [0.4, 0.5) is 15.9 Å². The molecule has 0 radical (unpaired) electrons. The summed E-state index contributed by atoms with van der Waals surface area (Å²) in [5.41, 5.74) is 2.57. The van der Waals surface area contributed by atoms with Crippen molar-refractivity contribution in [2.75, 3.05) is 42.2 Å². The number of hydrogen-bond acceptors (Lipinski definition) is 9. The Bertz CT molecular complexity index is 1340. The monoisotopic (exact) mass is 498 g/mol. The van der Waals surface area contributed by atoms with Crippen LogP contribution in [0, 0.1) is 5.95 Å². The number of sulfonamides is 1. The highest BCUT2D eigenvalue weighted by atomic mass is 32.2. The Morgan fingerprint density at radius 3 is 2.49 bits per heavy atom. The van der Waals surface area contributed by atoms with E-state index >= 15 is 0 Å². The number of fused-ring (bicyclic) bond motifs is 1. The van der Waals surface area contributed by atoms with Gasteiger partial charge in [0.15, 0.2) is 11.6 Å². The van der Waals surface area contributed by atoms with Crippen LogP contribution in [-0.4, -0.2) is 76.1 Å². The highest BCUT2D eigenvalue weighted by Gasteiger charge is 2.32. The van der Waals surface area contributed by atoms with E-state index in [-0.39, 0.29) is 12.1 Å². The first-order valence-electron chi connectivity index (χ1n) is 11.5. The minimum Gasteiger partial charge on any atom is -0.368 e. The Kier molecular flexibility index (Phi) is 6.09. The molecule has 0 spiro atoms. The molecule has 0 bridgehead atoms. The third kappa shape index (κ3) is 4.67. The van der Waals surface area contributed by atoms with Gasteiger partial charge < -0.3 is 9.80 Å². The molecule has 2 unspecified atom stereocenters. The van der Waals surface area contributed by atoms with Gasteiger partial charge in [-0.25, -0.2) is 33.3 Å². The zero-order valence-corrected chi connectivity index (χ0v) is 20.7. The maximum Gasteiger partial charge on any atom is 0.216 e. The van der Waals surface area contributed by atoms with Crippen molar-refractivity contribution >= 4 is 21.5 Å². The summed E-state index contributed by atoms with van der Waals surface area (Å²) in [6, 6.07) is 4.71. The standard InChI is InChI=1S/C23H27FN8O2S/c1-15-14-30(9-10-32(15)35(3,33)34)17-11-20(24)29-21(12-17)31-8-5-19-18(16(31)2)13-27-23(28-19)22-25-6-4-7-26-22/h4,6-7,11-13,15-16H,5,8-10,14H2,1-3H3. The molecule has 184 valence electrons. The number of rotatable bonds is 4. The van der Waals surface area contributed by atoms with Crippen molar-refractivity contribution in [1.82, 2.24) is 29.2 Å². The third-order valence-corrected chi connectivity index (χ3v) is 7.98. The molecule has 3 aromatic rings. The predicted molar refractivity (Wildman–Crippen MR) is 130 cm³/mol. The zero-order valence-electron chi connectivity index (χ0n) is 19.8. The molecule has 35 heavy (non-hydrogen) atoms. The fraction of sp³-hybridized carbons (Fsp3) is 0.435. The molecule has 0 N–H and O–H groups in total. The lowest BCUT2D eigenvalue weighted by molar-refractivity contribution is 0.308. The molecule has 2 aliphatic heterocycles. The van der Waals surface area contributed by atoms with Crippen LogP contribution in [0.25, 0.3) is 11.6 Å². The van der Waals surface area contributed by atoms with Gasteiger partial charge in [0.25, 0.3) is 0 Å². The van der Waals surface area contributed by atoms with Crippen molar-refractivity contribution < 1.29 is 12.8 Å². The van der Waals surface area contributed by atoms with Crippen LogP contribution in [-0.2, 0) is 16.4 Å². The zero-order chi connectivity index (χ0) is 24.7. The van der Waals surface area contributed by atoms with Crippen LogP contribution >= 0.6 is 0 Å². The Morgan fingerprint density at radius 1 is 1.00 bits per heavy atom. The van der Waals surface area contributed by atoms with E-state index in [4.69, 9.17) is 0 Å². The van der Waals surface area contributed by atoms with Crippen LogP contribution in [0.15, 0.2) is 36.8 Å². The second-order valence-corrected chi connectivity index (χ2v) is 10.9. The summed E-state index contributed by atoms with van der Waals surface area (Å²) >= 11 is 0. The number of aromatic nitrogens is 5. The van der Waals surface area contributed by atoms with Gasteiger partial charge in [-0.2, -0.15) is 8.70 Å². The first-order chi connectivity index (χ1) is 16.7. The normalized spacial score (nSPS) is 21.1. The Balaban J connectivity index is 1.39. The lowest BCUT2D eigenvalue weighted by atomic mass is 9.99. The molecule has 2 atom stereocenters. The average molecular weight is 499 g/mol. The van der Waals surface area contributed by atoms with Gasteiger partial charge in [-0.1, -0.05) is 0 Å². The summed E-state index contributed by atoms with van der Waals surface area (Å²) in [6.45, 7) is 5.83. The largest absolute Gasteiger partial charge is 0.368 e. The number of hydrogen-bond donors (Lipinski definition) is 0. The molecule has 12 heteroatoms. The van der Waals surface area contributed by atoms with E-state index in [0.29, 0.717) is 55.8 Å². The van der Waals surface area contributed by atoms with Gasteiger partial charge in [-0.05, 0) is 19.9 Å². The van der Waals surface area contributed by atoms with Gasteiger partial charge in [-0.3, -0.25) is 0 Å². The second-order valence-electron chi connectivity index (χ2n) is 8.96. The molecule has 2 aliphatic rings. The number of halogens is 1. The molecule has 0 saturated carbocycles. The van der Waals surface area contributed by atoms with Crippen molar-refractivity contribution in [3.63, 3.8) is 0 Å². The van der Waals surface area contributed by atoms with E-state index in [0.717, 1.165) is 11.3 Å². The van der Waals surface area contributed by atoms with Gasteiger partial charge in [0.1, 0.15) is 5.82 Å². The molecule has 0 amide bonds. The van der Waals surface area contributed by atoms with Crippen LogP contribution < -0.4 is 9.80 Å². The average Bonchev–Trinajstić information content (AvgIpc) is 2.83. The van der Waals surface area contributed by atoms with Gasteiger partial charge in [0, 0.05) is 80.6 Å². The van der Waals surface area contributed by atoms with E-state index in [9.17, 15) is 12.8 Å². The van der Waals surface area contributed by atoms with Crippen molar-refractivity contribution in [3.8, 4) is 11.6 Å². The quantitative estimate of drug-likeness (QED) is 0.500. The predicted octanol–water partition coefficient (Wildman–Crippen LogP) is 2.06. The molecule has 0 aromatic carbocycles. The van der Waals surface area contributed by atoms with E-state index in [2.05, 4.69) is 24.9 Å². The molecule has 5 heterocycles. The molecule has 10 nitrogen and oxygen atoms in total. The Hall–Kier alpha value is -3.25. The lowest BCUT2D eigenvalue weighted by Crippen LogP contribution is -2.53. The van der Waals surface area contributed by atoms with Crippen LogP contribution in [0.3, 0.4) is 0 Å². The van der Waals surface area contributed by atoms with Gasteiger partial charge in [0.05, 0.1) is 18.0 Å². The molecular formula is C23H27FN8O2S. The minimum atomic E-state index is -3.28. The van der Waals surface area contributed by atoms with Crippen molar-refractivity contribution in [3.05, 3.63) is 54.0 Å². The first kappa shape index (κ1) is 23.5. The van der Waals surface area contributed by atoms with Crippen LogP contribution in [0.5, 0.6) is 0 Å². The summed E-state index contributed by atoms with van der Waals surface area (Å²) in [5.74, 6) is 0.930. The fourth-order valence-electron chi connectivity index (χ4n) is 4.87. The van der Waals surface area contributed by atoms with E-state index in [1.165, 1.54) is 16.6 Å². The molecule has 5 rings (SSSR count). The van der Waals surface area contributed by atoms with E-state index in [1.54, 1.807) is 24.7 Å². The molecule has 1 fully saturated rings. The summed E-state index contributed by atoms with van der Waals surface area (Å²) in [4.78, 5) is 25.8. The summed E-state index contributed by atoms with van der Waals surface area (Å²) in [6.07, 6.45) is 6.98. The SMILES string of the molecule is CC1c2cnc(-c3ncccn3)nc2CCN1c1cc(N2CCN(S(C)(=O)=O)C(C)C2)cc(F)n1. The molecule has 1 saturated heterocycles. The number of piperazine rings is 1. The van der Waals surface area contributed by atoms with Crippen LogP contribution in [0.2, 0.25) is 0 Å². The van der Waals surface area contributed by atoms with Gasteiger partial charge in [0.2, 0.25) is 16.0 Å². The van der Waals surface area contributed by atoms with E-state index < -0.39 is 16.0 Å². The summed E-state index contributed by atoms with van der Waals surface area (Å²) in [5, 5.41) is 0. The molecular weight excluding hydrogens is 471 g/mol. The Labute approximate surface area is 203 Å². The van der Waals surface area contributed by atoms with Crippen LogP contribution in [0.1, 0.15) is 31.1 Å². The topological polar surface area (TPSA) is 108 Å². The van der Waals surface area contributed by atoms with Crippen molar-refractivity contribution in [1.29, 1.82) is 0 Å². The van der Waals surface area contributed by atoms with E-state index in [1.807, 2.05) is 29.7 Å². The first-order valence-corrected chi connectivity index (χ1v) is 13.3. The van der Waals surface area contributed by atoms with Crippen molar-refractivity contribution in [2.45, 2.75) is 32.4 Å². The summed E-state index contributed by atoms with van der Waals surface area (Å²) in [7, 11) is -3.28. The third-order valence-electron chi connectivity index (χ3n) is 6.59. The highest BCUT2D eigenvalue weighted by Crippen LogP contribution is 2.34. The minimum absolute atomic E-state index is 0.104. The highest BCUT2D eigenvalue weighted by molar-refractivity contribution is 7.88. The maximum atomic E-state index is 14.7. The number of nitrogens with zero attached hydrogens (tertiary/aromatic N) is 8. The fourth-order valence-corrected chi connectivity index (χ4v) is 6.00. The van der Waals surface area contributed by atoms with Gasteiger partial charge >= 0.3 is 0 Å². The second kappa shape index (κ2) is 9.08.